The number of aliphatic hydroxyl groups is 1. The van der Waals surface area contributed by atoms with Crippen molar-refractivity contribution in [3.05, 3.63) is 59.1 Å². The number of H-pyrrole nitrogens is 1. The van der Waals surface area contributed by atoms with E-state index >= 15 is 0 Å². The molecule has 0 radical (unpaired) electrons. The lowest BCUT2D eigenvalue weighted by molar-refractivity contribution is 0.265. The Morgan fingerprint density at radius 1 is 1.14 bits per heavy atom. The molecule has 2 heterocycles. The van der Waals surface area contributed by atoms with E-state index in [9.17, 15) is 5.11 Å². The summed E-state index contributed by atoms with van der Waals surface area (Å²) in [4.78, 5) is 9.61. The number of imidazole rings is 1. The number of rotatable bonds is 6. The number of aryl methyl sites for hydroxylation is 2. The third-order valence-corrected chi connectivity index (χ3v) is 5.21. The van der Waals surface area contributed by atoms with Crippen molar-refractivity contribution in [2.45, 2.75) is 13.8 Å². The molecular formula is C22H24N4O3. The molecule has 4 rings (SSSR count). The van der Waals surface area contributed by atoms with Gasteiger partial charge in [-0.05, 0) is 61.4 Å². The minimum absolute atomic E-state index is 0.145. The van der Waals surface area contributed by atoms with Crippen molar-refractivity contribution in [1.82, 2.24) is 14.9 Å². The van der Waals surface area contributed by atoms with Crippen LogP contribution in [-0.4, -0.2) is 52.6 Å². The summed E-state index contributed by atoms with van der Waals surface area (Å²) in [7, 11) is 1.62. The van der Waals surface area contributed by atoms with Gasteiger partial charge in [0, 0.05) is 0 Å². The van der Waals surface area contributed by atoms with Gasteiger partial charge in [0.1, 0.15) is 35.5 Å². The normalized spacial score (nSPS) is 14.2. The average molecular weight is 392 g/mol. The highest BCUT2D eigenvalue weighted by atomic mass is 16.5. The fraction of sp³-hybridized carbons (Fsp3) is 0.273. The Kier molecular flexibility index (Phi) is 4.88. The molecule has 0 saturated heterocycles. The molecule has 150 valence electrons. The first-order valence-electron chi connectivity index (χ1n) is 9.46. The second kappa shape index (κ2) is 7.50. The minimum Gasteiger partial charge on any atom is -0.510 e. The van der Waals surface area contributed by atoms with Crippen molar-refractivity contribution in [3.63, 3.8) is 0 Å². The van der Waals surface area contributed by atoms with E-state index in [4.69, 9.17) is 14.9 Å². The minimum atomic E-state index is 0.145. The molecule has 0 aliphatic carbocycles. The van der Waals surface area contributed by atoms with E-state index in [2.05, 4.69) is 9.97 Å². The Labute approximate surface area is 169 Å². The quantitative estimate of drug-likeness (QED) is 0.593. The standard InChI is InChI=1S/C22H24N4O3/c1-13-10-17-18(11-14(13)2)25-22(24-17)20-19(27)12-26(21(20)23)8-9-29-16-6-4-15(28-3)5-7-16/h4-7,10-11,23,27H,8-9,12H2,1-3H3,(H,24,25). The number of nitrogens with one attached hydrogen (secondary N) is 2. The molecule has 29 heavy (non-hydrogen) atoms. The first-order valence-corrected chi connectivity index (χ1v) is 9.46. The van der Waals surface area contributed by atoms with Crippen LogP contribution in [0, 0.1) is 19.3 Å². The van der Waals surface area contributed by atoms with Crippen LogP contribution in [0.1, 0.15) is 17.0 Å². The van der Waals surface area contributed by atoms with E-state index < -0.39 is 0 Å². The SMILES string of the molecule is COc1ccc(OCCN2CC(O)=C(c3nc4cc(C)c(C)cc4[nH]3)C2=N)cc1. The second-order valence-corrected chi connectivity index (χ2v) is 7.15. The van der Waals surface area contributed by atoms with Crippen LogP contribution in [0.15, 0.2) is 42.2 Å². The summed E-state index contributed by atoms with van der Waals surface area (Å²) in [5.74, 6) is 2.41. The largest absolute Gasteiger partial charge is 0.510 e. The van der Waals surface area contributed by atoms with Crippen molar-refractivity contribution >= 4 is 22.4 Å². The van der Waals surface area contributed by atoms with E-state index in [1.165, 1.54) is 5.56 Å². The van der Waals surface area contributed by atoms with Crippen molar-refractivity contribution in [2.24, 2.45) is 0 Å². The topological polar surface area (TPSA) is 94.5 Å². The molecule has 7 nitrogen and oxygen atoms in total. The van der Waals surface area contributed by atoms with E-state index in [1.54, 1.807) is 12.0 Å². The summed E-state index contributed by atoms with van der Waals surface area (Å²) in [6, 6.07) is 11.4. The van der Waals surface area contributed by atoms with Crippen LogP contribution in [0.25, 0.3) is 16.6 Å². The summed E-state index contributed by atoms with van der Waals surface area (Å²) < 4.78 is 10.9. The molecule has 7 heteroatoms. The molecule has 1 aliphatic rings. The van der Waals surface area contributed by atoms with E-state index in [-0.39, 0.29) is 18.1 Å². The highest BCUT2D eigenvalue weighted by molar-refractivity contribution is 6.23. The lowest BCUT2D eigenvalue weighted by Crippen LogP contribution is -2.31. The Balaban J connectivity index is 1.44. The molecule has 0 atom stereocenters. The smallest absolute Gasteiger partial charge is 0.145 e. The van der Waals surface area contributed by atoms with E-state index in [1.807, 2.05) is 50.2 Å². The Bertz CT molecular complexity index is 1060. The number of methoxy groups -OCH3 is 1. The Hall–Kier alpha value is -3.48. The number of hydrogen-bond acceptors (Lipinski definition) is 5. The van der Waals surface area contributed by atoms with E-state index in [0.29, 0.717) is 24.5 Å². The number of nitrogens with zero attached hydrogens (tertiary/aromatic N) is 2. The number of aromatic amines is 1. The molecule has 3 N–H and O–H groups in total. The van der Waals surface area contributed by atoms with Gasteiger partial charge in [0.05, 0.1) is 36.8 Å². The molecule has 0 bridgehead atoms. The van der Waals surface area contributed by atoms with Crippen LogP contribution in [0.2, 0.25) is 0 Å². The third kappa shape index (κ3) is 3.63. The zero-order valence-corrected chi connectivity index (χ0v) is 16.7. The van der Waals surface area contributed by atoms with Gasteiger partial charge in [0.25, 0.3) is 0 Å². The summed E-state index contributed by atoms with van der Waals surface area (Å²) in [5, 5.41) is 19.0. The molecule has 2 aromatic carbocycles. The van der Waals surface area contributed by atoms with Gasteiger partial charge >= 0.3 is 0 Å². The van der Waals surface area contributed by atoms with Crippen molar-refractivity contribution in [1.29, 1.82) is 5.41 Å². The van der Waals surface area contributed by atoms with Gasteiger partial charge in [-0.15, -0.1) is 0 Å². The lowest BCUT2D eigenvalue weighted by Gasteiger charge is -2.18. The molecule has 0 fully saturated rings. The van der Waals surface area contributed by atoms with Gasteiger partial charge in [-0.2, -0.15) is 0 Å². The second-order valence-electron chi connectivity index (χ2n) is 7.15. The highest BCUT2D eigenvalue weighted by Crippen LogP contribution is 2.28. The number of hydrogen-bond donors (Lipinski definition) is 3. The zero-order chi connectivity index (χ0) is 20.5. The molecule has 3 aromatic rings. The number of ether oxygens (including phenoxy) is 2. The van der Waals surface area contributed by atoms with Gasteiger partial charge in [0.2, 0.25) is 0 Å². The van der Waals surface area contributed by atoms with Crippen LogP contribution in [-0.2, 0) is 0 Å². The van der Waals surface area contributed by atoms with Gasteiger partial charge in [-0.3, -0.25) is 5.41 Å². The Morgan fingerprint density at radius 2 is 1.83 bits per heavy atom. The summed E-state index contributed by atoms with van der Waals surface area (Å²) in [6.45, 7) is 5.25. The number of fused-ring (bicyclic) bond motifs is 1. The monoisotopic (exact) mass is 392 g/mol. The van der Waals surface area contributed by atoms with Crippen molar-refractivity contribution in [3.8, 4) is 11.5 Å². The number of aliphatic hydroxyl groups excluding tert-OH is 1. The number of amidine groups is 1. The molecule has 0 amide bonds. The third-order valence-electron chi connectivity index (χ3n) is 5.21. The van der Waals surface area contributed by atoms with Gasteiger partial charge in [-0.1, -0.05) is 0 Å². The molecule has 0 unspecified atom stereocenters. The van der Waals surface area contributed by atoms with Crippen LogP contribution < -0.4 is 9.47 Å². The first kappa shape index (κ1) is 18.9. The molecule has 1 aromatic heterocycles. The fourth-order valence-corrected chi connectivity index (χ4v) is 3.41. The maximum Gasteiger partial charge on any atom is 0.145 e. The Morgan fingerprint density at radius 3 is 2.55 bits per heavy atom. The fourth-order valence-electron chi connectivity index (χ4n) is 3.41. The predicted octanol–water partition coefficient (Wildman–Crippen LogP) is 3.83. The van der Waals surface area contributed by atoms with Crippen molar-refractivity contribution < 1.29 is 14.6 Å². The molecule has 1 aliphatic heterocycles. The molecule has 0 saturated carbocycles. The highest BCUT2D eigenvalue weighted by Gasteiger charge is 2.30. The van der Waals surface area contributed by atoms with Crippen molar-refractivity contribution in [2.75, 3.05) is 26.8 Å². The average Bonchev–Trinajstić information content (AvgIpc) is 3.22. The van der Waals surface area contributed by atoms with E-state index in [0.717, 1.165) is 28.1 Å². The van der Waals surface area contributed by atoms with Crippen LogP contribution in [0.3, 0.4) is 0 Å². The maximum atomic E-state index is 10.5. The lowest BCUT2D eigenvalue weighted by atomic mass is 10.1. The van der Waals surface area contributed by atoms with Crippen LogP contribution in [0.4, 0.5) is 0 Å². The number of aromatic nitrogens is 2. The predicted molar refractivity (Wildman–Crippen MR) is 113 cm³/mol. The molecular weight excluding hydrogens is 368 g/mol. The number of benzene rings is 2. The van der Waals surface area contributed by atoms with Crippen LogP contribution >= 0.6 is 0 Å². The molecule has 0 spiro atoms. The first-order chi connectivity index (χ1) is 14.0. The van der Waals surface area contributed by atoms with Crippen LogP contribution in [0.5, 0.6) is 11.5 Å². The summed E-state index contributed by atoms with van der Waals surface area (Å²) in [5.41, 5.74) is 4.51. The summed E-state index contributed by atoms with van der Waals surface area (Å²) in [6.07, 6.45) is 0. The van der Waals surface area contributed by atoms with Gasteiger partial charge in [-0.25, -0.2) is 4.98 Å². The summed E-state index contributed by atoms with van der Waals surface area (Å²) >= 11 is 0. The van der Waals surface area contributed by atoms with Gasteiger partial charge < -0.3 is 24.5 Å². The van der Waals surface area contributed by atoms with Gasteiger partial charge in [0.15, 0.2) is 0 Å². The zero-order valence-electron chi connectivity index (χ0n) is 16.7. The maximum absolute atomic E-state index is 10.5.